The lowest BCUT2D eigenvalue weighted by molar-refractivity contribution is 0.0526. The van der Waals surface area contributed by atoms with Gasteiger partial charge in [0.25, 0.3) is 0 Å². The molecule has 2 aromatic heterocycles. The van der Waals surface area contributed by atoms with Gasteiger partial charge in [-0.25, -0.2) is 14.8 Å². The normalized spacial score (nSPS) is 15.5. The number of ether oxygens (including phenoxy) is 1. The van der Waals surface area contributed by atoms with Crippen molar-refractivity contribution >= 4 is 23.1 Å². The van der Waals surface area contributed by atoms with Crippen LogP contribution in [0.4, 0.5) is 5.82 Å². The number of aromatic nitrogens is 2. The smallest absolute Gasteiger partial charge is 0.339 e. The Kier molecular flexibility index (Phi) is 5.42. The summed E-state index contributed by atoms with van der Waals surface area (Å²) in [4.78, 5) is 25.3. The second-order valence-electron chi connectivity index (χ2n) is 5.75. The zero-order chi connectivity index (χ0) is 16.9. The van der Waals surface area contributed by atoms with E-state index in [2.05, 4.69) is 25.1 Å². The first-order chi connectivity index (χ1) is 11.7. The van der Waals surface area contributed by atoms with Crippen molar-refractivity contribution in [3.63, 3.8) is 0 Å². The Morgan fingerprint density at radius 2 is 2.08 bits per heavy atom. The molecule has 0 N–H and O–H groups in total. The predicted octanol–water partition coefficient (Wildman–Crippen LogP) is 2.35. The van der Waals surface area contributed by atoms with Crippen LogP contribution >= 0.6 is 11.3 Å². The number of carbonyl (C=O) groups excluding carboxylic acids is 1. The Balaban J connectivity index is 1.53. The van der Waals surface area contributed by atoms with Gasteiger partial charge in [-0.2, -0.15) is 0 Å². The number of aryl methyl sites for hydroxylation is 1. The number of piperazine rings is 1. The first-order valence-corrected chi connectivity index (χ1v) is 9.05. The topological polar surface area (TPSA) is 58.6 Å². The molecule has 128 valence electrons. The van der Waals surface area contributed by atoms with Gasteiger partial charge in [-0.1, -0.05) is 0 Å². The van der Waals surface area contributed by atoms with E-state index in [4.69, 9.17) is 4.74 Å². The van der Waals surface area contributed by atoms with Crippen LogP contribution in [0, 0.1) is 6.92 Å². The summed E-state index contributed by atoms with van der Waals surface area (Å²) in [7, 11) is 0. The summed E-state index contributed by atoms with van der Waals surface area (Å²) < 4.78 is 4.98. The third kappa shape index (κ3) is 4.10. The van der Waals surface area contributed by atoms with Crippen molar-refractivity contribution in [3.8, 4) is 0 Å². The zero-order valence-corrected chi connectivity index (χ0v) is 14.9. The molecule has 0 saturated carbocycles. The van der Waals surface area contributed by atoms with Gasteiger partial charge in [0.15, 0.2) is 0 Å². The molecule has 1 fully saturated rings. The van der Waals surface area contributed by atoms with Gasteiger partial charge in [-0.3, -0.25) is 4.90 Å². The number of carbonyl (C=O) groups is 1. The molecule has 1 saturated heterocycles. The van der Waals surface area contributed by atoms with E-state index in [0.717, 1.165) is 49.2 Å². The van der Waals surface area contributed by atoms with Gasteiger partial charge in [0, 0.05) is 44.3 Å². The second kappa shape index (κ2) is 7.72. The molecule has 1 aliphatic heterocycles. The number of hydrogen-bond acceptors (Lipinski definition) is 7. The van der Waals surface area contributed by atoms with Crippen LogP contribution in [0.15, 0.2) is 23.7 Å². The molecule has 0 atom stereocenters. The summed E-state index contributed by atoms with van der Waals surface area (Å²) in [6.07, 6.45) is 1.59. The zero-order valence-electron chi connectivity index (χ0n) is 14.1. The number of esters is 1. The lowest BCUT2D eigenvalue weighted by Gasteiger charge is -2.35. The van der Waals surface area contributed by atoms with Gasteiger partial charge in [0.05, 0.1) is 22.9 Å². The van der Waals surface area contributed by atoms with Crippen molar-refractivity contribution in [2.75, 3.05) is 37.7 Å². The third-order valence-electron chi connectivity index (χ3n) is 4.01. The van der Waals surface area contributed by atoms with E-state index in [1.54, 1.807) is 30.5 Å². The molecule has 0 spiro atoms. The highest BCUT2D eigenvalue weighted by Gasteiger charge is 2.19. The highest BCUT2D eigenvalue weighted by molar-refractivity contribution is 7.09. The van der Waals surface area contributed by atoms with Crippen LogP contribution < -0.4 is 4.90 Å². The summed E-state index contributed by atoms with van der Waals surface area (Å²) in [6.45, 7) is 8.94. The van der Waals surface area contributed by atoms with Crippen molar-refractivity contribution < 1.29 is 9.53 Å². The third-order valence-corrected chi connectivity index (χ3v) is 4.83. The van der Waals surface area contributed by atoms with Gasteiger partial charge < -0.3 is 9.64 Å². The Bertz CT molecular complexity index is 678. The number of rotatable bonds is 5. The van der Waals surface area contributed by atoms with E-state index in [0.29, 0.717) is 12.2 Å². The maximum atomic E-state index is 11.7. The van der Waals surface area contributed by atoms with E-state index in [1.807, 2.05) is 13.0 Å². The molecule has 0 radical (unpaired) electrons. The molecule has 0 aromatic carbocycles. The minimum absolute atomic E-state index is 0.320. The van der Waals surface area contributed by atoms with Gasteiger partial charge in [0.1, 0.15) is 5.82 Å². The van der Waals surface area contributed by atoms with E-state index in [-0.39, 0.29) is 5.97 Å². The van der Waals surface area contributed by atoms with E-state index < -0.39 is 0 Å². The van der Waals surface area contributed by atoms with E-state index in [9.17, 15) is 4.79 Å². The van der Waals surface area contributed by atoms with Crippen molar-refractivity contribution in [1.82, 2.24) is 14.9 Å². The average Bonchev–Trinajstić information content (AvgIpc) is 3.01. The average molecular weight is 346 g/mol. The summed E-state index contributed by atoms with van der Waals surface area (Å²) in [5.41, 5.74) is 1.65. The summed E-state index contributed by atoms with van der Waals surface area (Å²) >= 11 is 1.70. The molecule has 7 heteroatoms. The quantitative estimate of drug-likeness (QED) is 0.775. The van der Waals surface area contributed by atoms with Crippen molar-refractivity contribution in [2.24, 2.45) is 0 Å². The largest absolute Gasteiger partial charge is 0.462 e. The lowest BCUT2D eigenvalue weighted by Crippen LogP contribution is -2.46. The van der Waals surface area contributed by atoms with Crippen LogP contribution in [0.25, 0.3) is 0 Å². The van der Waals surface area contributed by atoms with Gasteiger partial charge >= 0.3 is 5.97 Å². The number of hydrogen-bond donors (Lipinski definition) is 0. The summed E-state index contributed by atoms with van der Waals surface area (Å²) in [5.74, 6) is 0.590. The number of pyridine rings is 1. The van der Waals surface area contributed by atoms with E-state index >= 15 is 0 Å². The number of nitrogens with zero attached hydrogens (tertiary/aromatic N) is 4. The van der Waals surface area contributed by atoms with Crippen LogP contribution in [0.2, 0.25) is 0 Å². The van der Waals surface area contributed by atoms with Crippen LogP contribution in [0.5, 0.6) is 0 Å². The van der Waals surface area contributed by atoms with Crippen LogP contribution in [0.1, 0.15) is 28.0 Å². The van der Waals surface area contributed by atoms with Crippen molar-refractivity contribution in [3.05, 3.63) is 40.0 Å². The maximum Gasteiger partial charge on any atom is 0.339 e. The maximum absolute atomic E-state index is 11.7. The Morgan fingerprint density at radius 1 is 1.29 bits per heavy atom. The van der Waals surface area contributed by atoms with Crippen molar-refractivity contribution in [1.29, 1.82) is 0 Å². The van der Waals surface area contributed by atoms with Crippen LogP contribution in [-0.4, -0.2) is 53.6 Å². The van der Waals surface area contributed by atoms with Crippen LogP contribution in [0.3, 0.4) is 0 Å². The molecule has 0 bridgehead atoms. The van der Waals surface area contributed by atoms with Gasteiger partial charge in [-0.15, -0.1) is 11.3 Å². The summed E-state index contributed by atoms with van der Waals surface area (Å²) in [6, 6.07) is 3.68. The molecule has 0 amide bonds. The molecule has 3 heterocycles. The van der Waals surface area contributed by atoms with Crippen molar-refractivity contribution in [2.45, 2.75) is 20.4 Å². The molecule has 2 aromatic rings. The second-order valence-corrected chi connectivity index (χ2v) is 6.81. The van der Waals surface area contributed by atoms with Gasteiger partial charge in [0.2, 0.25) is 0 Å². The number of anilines is 1. The monoisotopic (exact) mass is 346 g/mol. The molecule has 0 unspecified atom stereocenters. The van der Waals surface area contributed by atoms with Crippen LogP contribution in [-0.2, 0) is 11.3 Å². The molecule has 24 heavy (non-hydrogen) atoms. The fraction of sp³-hybridized carbons (Fsp3) is 0.471. The number of thiazole rings is 1. The minimum Gasteiger partial charge on any atom is -0.462 e. The Morgan fingerprint density at radius 3 is 2.67 bits per heavy atom. The van der Waals surface area contributed by atoms with E-state index in [1.165, 1.54) is 0 Å². The highest BCUT2D eigenvalue weighted by Crippen LogP contribution is 2.16. The predicted molar refractivity (Wildman–Crippen MR) is 94.5 cm³/mol. The van der Waals surface area contributed by atoms with Gasteiger partial charge in [-0.05, 0) is 26.0 Å². The molecular formula is C17H22N4O2S. The lowest BCUT2D eigenvalue weighted by atomic mass is 10.2. The molecule has 3 rings (SSSR count). The first-order valence-electron chi connectivity index (χ1n) is 8.17. The SMILES string of the molecule is CCOC(=O)c1ccc(N2CCN(Cc3csc(C)n3)CC2)nc1. The highest BCUT2D eigenvalue weighted by atomic mass is 32.1. The Labute approximate surface area is 146 Å². The Hall–Kier alpha value is -1.99. The fourth-order valence-corrected chi connectivity index (χ4v) is 3.36. The molecule has 1 aliphatic rings. The fourth-order valence-electron chi connectivity index (χ4n) is 2.75. The summed E-state index contributed by atoms with van der Waals surface area (Å²) in [5, 5.41) is 3.26. The minimum atomic E-state index is -0.320. The molecule has 0 aliphatic carbocycles. The molecule has 6 nitrogen and oxygen atoms in total. The first kappa shape index (κ1) is 16.9. The molecular weight excluding hydrogens is 324 g/mol. The standard InChI is InChI=1S/C17H22N4O2S/c1-3-23-17(22)14-4-5-16(18-10-14)21-8-6-20(7-9-21)11-15-12-24-13(2)19-15/h4-5,10,12H,3,6-9,11H2,1-2H3.